The van der Waals surface area contributed by atoms with Gasteiger partial charge in [-0.05, 0) is 13.3 Å². The Morgan fingerprint density at radius 1 is 0.941 bits per heavy atom. The molecular formula is C15H30O2. The van der Waals surface area contributed by atoms with E-state index in [9.17, 15) is 0 Å². The Labute approximate surface area is 107 Å². The SMILES string of the molecule is CCCCCCCCCCC1COCOC1C. The first-order valence-electron chi connectivity index (χ1n) is 7.54. The smallest absolute Gasteiger partial charge is 0.147 e. The second-order valence-electron chi connectivity index (χ2n) is 5.38. The van der Waals surface area contributed by atoms with Crippen molar-refractivity contribution in [3.63, 3.8) is 0 Å². The Balaban J connectivity index is 1.86. The van der Waals surface area contributed by atoms with Crippen LogP contribution in [0.4, 0.5) is 0 Å². The molecule has 0 aromatic heterocycles. The number of ether oxygens (including phenoxy) is 2. The van der Waals surface area contributed by atoms with Crippen LogP contribution in [0.5, 0.6) is 0 Å². The summed E-state index contributed by atoms with van der Waals surface area (Å²) >= 11 is 0. The summed E-state index contributed by atoms with van der Waals surface area (Å²) in [5.41, 5.74) is 0. The lowest BCUT2D eigenvalue weighted by atomic mass is 9.96. The van der Waals surface area contributed by atoms with Crippen LogP contribution in [-0.2, 0) is 9.47 Å². The van der Waals surface area contributed by atoms with Crippen LogP contribution in [0.2, 0.25) is 0 Å². The minimum absolute atomic E-state index is 0.397. The number of hydrogen-bond donors (Lipinski definition) is 0. The summed E-state index contributed by atoms with van der Waals surface area (Å²) in [7, 11) is 0. The predicted molar refractivity (Wildman–Crippen MR) is 72.1 cm³/mol. The van der Waals surface area contributed by atoms with E-state index >= 15 is 0 Å². The molecule has 2 atom stereocenters. The zero-order chi connectivity index (χ0) is 12.3. The maximum Gasteiger partial charge on any atom is 0.147 e. The van der Waals surface area contributed by atoms with Crippen molar-refractivity contribution < 1.29 is 9.47 Å². The summed E-state index contributed by atoms with van der Waals surface area (Å²) in [5.74, 6) is 0.629. The monoisotopic (exact) mass is 242 g/mol. The van der Waals surface area contributed by atoms with Gasteiger partial charge in [0.15, 0.2) is 0 Å². The zero-order valence-electron chi connectivity index (χ0n) is 11.7. The molecule has 1 rings (SSSR count). The molecule has 0 aromatic carbocycles. The van der Waals surface area contributed by atoms with E-state index in [2.05, 4.69) is 13.8 Å². The normalized spacial score (nSPS) is 25.1. The molecule has 102 valence electrons. The maximum atomic E-state index is 5.49. The first-order valence-corrected chi connectivity index (χ1v) is 7.54. The second-order valence-corrected chi connectivity index (χ2v) is 5.38. The molecule has 0 radical (unpaired) electrons. The van der Waals surface area contributed by atoms with E-state index in [4.69, 9.17) is 9.47 Å². The van der Waals surface area contributed by atoms with Gasteiger partial charge in [-0.1, -0.05) is 58.3 Å². The van der Waals surface area contributed by atoms with Crippen LogP contribution in [0.1, 0.15) is 71.6 Å². The van der Waals surface area contributed by atoms with Crippen molar-refractivity contribution in [1.29, 1.82) is 0 Å². The van der Waals surface area contributed by atoms with Gasteiger partial charge in [0.1, 0.15) is 6.79 Å². The number of hydrogen-bond acceptors (Lipinski definition) is 2. The van der Waals surface area contributed by atoms with Gasteiger partial charge in [0.05, 0.1) is 12.7 Å². The predicted octanol–water partition coefficient (Wildman–Crippen LogP) is 4.53. The molecule has 0 N–H and O–H groups in total. The molecule has 0 aromatic rings. The number of unbranched alkanes of at least 4 members (excludes halogenated alkanes) is 7. The van der Waals surface area contributed by atoms with Crippen LogP contribution >= 0.6 is 0 Å². The topological polar surface area (TPSA) is 18.5 Å². The van der Waals surface area contributed by atoms with Crippen LogP contribution in [0.25, 0.3) is 0 Å². The Bertz CT molecular complexity index is 170. The van der Waals surface area contributed by atoms with E-state index in [-0.39, 0.29) is 0 Å². The molecule has 0 saturated carbocycles. The average molecular weight is 242 g/mol. The quantitative estimate of drug-likeness (QED) is 0.553. The van der Waals surface area contributed by atoms with Crippen LogP contribution in [0.15, 0.2) is 0 Å². The van der Waals surface area contributed by atoms with Crippen molar-refractivity contribution in [1.82, 2.24) is 0 Å². The first-order chi connectivity index (χ1) is 8.34. The molecule has 0 aliphatic carbocycles. The van der Waals surface area contributed by atoms with Gasteiger partial charge in [-0.15, -0.1) is 0 Å². The van der Waals surface area contributed by atoms with E-state index in [1.165, 1.54) is 57.8 Å². The largest absolute Gasteiger partial charge is 0.355 e. The minimum Gasteiger partial charge on any atom is -0.355 e. The summed E-state index contributed by atoms with van der Waals surface area (Å²) in [6.45, 7) is 5.85. The Kier molecular flexibility index (Phi) is 8.72. The maximum absolute atomic E-state index is 5.49. The fourth-order valence-corrected chi connectivity index (χ4v) is 2.48. The summed E-state index contributed by atoms with van der Waals surface area (Å²) in [6.07, 6.45) is 12.8. The Hall–Kier alpha value is -0.0800. The average Bonchev–Trinajstić information content (AvgIpc) is 2.35. The third kappa shape index (κ3) is 7.05. The lowest BCUT2D eigenvalue weighted by Crippen LogP contribution is -2.31. The van der Waals surface area contributed by atoms with Gasteiger partial charge in [0.2, 0.25) is 0 Å². The molecule has 1 heterocycles. The molecular weight excluding hydrogens is 212 g/mol. The van der Waals surface area contributed by atoms with Gasteiger partial charge in [-0.25, -0.2) is 0 Å². The molecule has 2 nitrogen and oxygen atoms in total. The van der Waals surface area contributed by atoms with E-state index in [0.717, 1.165) is 6.61 Å². The van der Waals surface area contributed by atoms with Crippen molar-refractivity contribution in [2.24, 2.45) is 5.92 Å². The minimum atomic E-state index is 0.397. The summed E-state index contributed by atoms with van der Waals surface area (Å²) in [5, 5.41) is 0. The van der Waals surface area contributed by atoms with E-state index in [1.807, 2.05) is 0 Å². The van der Waals surface area contributed by atoms with Crippen molar-refractivity contribution in [2.75, 3.05) is 13.4 Å². The zero-order valence-corrected chi connectivity index (χ0v) is 11.7. The highest BCUT2D eigenvalue weighted by Crippen LogP contribution is 2.21. The number of rotatable bonds is 9. The van der Waals surface area contributed by atoms with Gasteiger partial charge >= 0.3 is 0 Å². The lowest BCUT2D eigenvalue weighted by Gasteiger charge is -2.28. The van der Waals surface area contributed by atoms with E-state index in [1.54, 1.807) is 0 Å². The molecule has 2 unspecified atom stereocenters. The Morgan fingerprint density at radius 2 is 1.59 bits per heavy atom. The summed E-state index contributed by atoms with van der Waals surface area (Å²) < 4.78 is 10.8. The van der Waals surface area contributed by atoms with Gasteiger partial charge in [-0.3, -0.25) is 0 Å². The second kappa shape index (κ2) is 9.90. The van der Waals surface area contributed by atoms with Gasteiger partial charge in [0, 0.05) is 5.92 Å². The lowest BCUT2D eigenvalue weighted by molar-refractivity contribution is -0.165. The highest BCUT2D eigenvalue weighted by Gasteiger charge is 2.21. The van der Waals surface area contributed by atoms with Crippen LogP contribution in [0, 0.1) is 5.92 Å². The third-order valence-corrected chi connectivity index (χ3v) is 3.84. The molecule has 0 bridgehead atoms. The fraction of sp³-hybridized carbons (Fsp3) is 1.00. The highest BCUT2D eigenvalue weighted by atomic mass is 16.7. The van der Waals surface area contributed by atoms with Crippen molar-refractivity contribution in [3.05, 3.63) is 0 Å². The third-order valence-electron chi connectivity index (χ3n) is 3.84. The summed E-state index contributed by atoms with van der Waals surface area (Å²) in [4.78, 5) is 0. The van der Waals surface area contributed by atoms with Crippen LogP contribution in [0.3, 0.4) is 0 Å². The molecule has 0 spiro atoms. The van der Waals surface area contributed by atoms with Gasteiger partial charge < -0.3 is 9.47 Å². The van der Waals surface area contributed by atoms with Gasteiger partial charge in [-0.2, -0.15) is 0 Å². The van der Waals surface area contributed by atoms with Crippen molar-refractivity contribution >= 4 is 0 Å². The molecule has 1 aliphatic rings. The molecule has 1 fully saturated rings. The fourth-order valence-electron chi connectivity index (χ4n) is 2.48. The standard InChI is InChI=1S/C15H30O2/c1-3-4-5-6-7-8-9-10-11-15-12-16-13-17-14(15)2/h14-15H,3-13H2,1-2H3. The summed E-state index contributed by atoms with van der Waals surface area (Å²) in [6, 6.07) is 0. The van der Waals surface area contributed by atoms with Crippen LogP contribution in [-0.4, -0.2) is 19.5 Å². The Morgan fingerprint density at radius 3 is 2.24 bits per heavy atom. The van der Waals surface area contributed by atoms with Crippen LogP contribution < -0.4 is 0 Å². The highest BCUT2D eigenvalue weighted by molar-refractivity contribution is 4.68. The molecule has 0 amide bonds. The van der Waals surface area contributed by atoms with Crippen molar-refractivity contribution in [3.8, 4) is 0 Å². The first kappa shape index (κ1) is 15.0. The molecule has 2 heteroatoms. The molecule has 1 saturated heterocycles. The van der Waals surface area contributed by atoms with E-state index in [0.29, 0.717) is 18.8 Å². The molecule has 17 heavy (non-hydrogen) atoms. The van der Waals surface area contributed by atoms with Gasteiger partial charge in [0.25, 0.3) is 0 Å². The van der Waals surface area contributed by atoms with E-state index < -0.39 is 0 Å². The van der Waals surface area contributed by atoms with Crippen molar-refractivity contribution in [2.45, 2.75) is 77.7 Å². The molecule has 1 aliphatic heterocycles.